The van der Waals surface area contributed by atoms with Crippen molar-refractivity contribution in [1.82, 2.24) is 15.1 Å². The zero-order valence-corrected chi connectivity index (χ0v) is 16.8. The first-order chi connectivity index (χ1) is 13.0. The maximum absolute atomic E-state index is 12.7. The number of hydrogen-bond acceptors (Lipinski definition) is 2. The third-order valence-corrected chi connectivity index (χ3v) is 5.07. The van der Waals surface area contributed by atoms with Gasteiger partial charge in [-0.25, -0.2) is 0 Å². The van der Waals surface area contributed by atoms with Crippen molar-refractivity contribution in [3.05, 3.63) is 86.7 Å². The molecule has 0 unspecified atom stereocenters. The number of nitrogens with zero attached hydrogens (tertiary/aromatic N) is 2. The van der Waals surface area contributed by atoms with Crippen LogP contribution in [-0.4, -0.2) is 22.2 Å². The van der Waals surface area contributed by atoms with E-state index in [1.807, 2.05) is 54.9 Å². The van der Waals surface area contributed by atoms with Gasteiger partial charge in [0.15, 0.2) is 0 Å². The molecule has 6 heteroatoms. The fourth-order valence-electron chi connectivity index (χ4n) is 3.06. The molecule has 4 nitrogen and oxygen atoms in total. The van der Waals surface area contributed by atoms with Gasteiger partial charge in [0, 0.05) is 22.3 Å². The summed E-state index contributed by atoms with van der Waals surface area (Å²) in [5.41, 5.74) is 4.32. The molecular formula is C21H21Cl2N3O. The largest absolute Gasteiger partial charge is 0.352 e. The van der Waals surface area contributed by atoms with Gasteiger partial charge in [-0.15, -0.1) is 0 Å². The molecule has 3 aromatic rings. The fourth-order valence-corrected chi connectivity index (χ4v) is 3.56. The topological polar surface area (TPSA) is 46.9 Å². The van der Waals surface area contributed by atoms with Crippen LogP contribution < -0.4 is 5.32 Å². The second-order valence-corrected chi connectivity index (χ2v) is 7.27. The van der Waals surface area contributed by atoms with Crippen molar-refractivity contribution in [2.45, 2.75) is 26.8 Å². The van der Waals surface area contributed by atoms with Crippen LogP contribution in [0.2, 0.25) is 10.0 Å². The molecule has 0 bridgehead atoms. The van der Waals surface area contributed by atoms with Gasteiger partial charge < -0.3 is 5.32 Å². The van der Waals surface area contributed by atoms with Gasteiger partial charge in [0.25, 0.3) is 5.91 Å². The smallest absolute Gasteiger partial charge is 0.255 e. The summed E-state index contributed by atoms with van der Waals surface area (Å²) in [7, 11) is 0. The third kappa shape index (κ3) is 4.71. The molecular weight excluding hydrogens is 381 g/mol. The molecule has 1 N–H and O–H groups in total. The van der Waals surface area contributed by atoms with Crippen molar-refractivity contribution >= 4 is 29.1 Å². The number of halogens is 2. The lowest BCUT2D eigenvalue weighted by atomic mass is 10.1. The van der Waals surface area contributed by atoms with E-state index in [4.69, 9.17) is 23.2 Å². The van der Waals surface area contributed by atoms with Crippen LogP contribution in [0.4, 0.5) is 0 Å². The summed E-state index contributed by atoms with van der Waals surface area (Å²) in [5.74, 6) is -0.116. The van der Waals surface area contributed by atoms with E-state index in [2.05, 4.69) is 10.4 Å². The molecule has 0 aliphatic carbocycles. The molecule has 140 valence electrons. The Balaban J connectivity index is 1.66. The van der Waals surface area contributed by atoms with Crippen molar-refractivity contribution in [1.29, 1.82) is 0 Å². The number of rotatable bonds is 6. The molecule has 0 aliphatic rings. The van der Waals surface area contributed by atoms with Crippen LogP contribution in [0.3, 0.4) is 0 Å². The van der Waals surface area contributed by atoms with Gasteiger partial charge in [-0.2, -0.15) is 5.10 Å². The molecule has 1 aromatic heterocycles. The molecule has 0 saturated heterocycles. The summed E-state index contributed by atoms with van der Waals surface area (Å²) in [5, 5.41) is 8.71. The normalized spacial score (nSPS) is 10.8. The highest BCUT2D eigenvalue weighted by molar-refractivity contribution is 6.35. The first-order valence-corrected chi connectivity index (χ1v) is 9.51. The Morgan fingerprint density at radius 2 is 1.85 bits per heavy atom. The van der Waals surface area contributed by atoms with Crippen LogP contribution in [0.5, 0.6) is 0 Å². The molecule has 27 heavy (non-hydrogen) atoms. The van der Waals surface area contributed by atoms with Crippen LogP contribution >= 0.6 is 23.2 Å². The average molecular weight is 402 g/mol. The van der Waals surface area contributed by atoms with E-state index in [1.165, 1.54) is 0 Å². The lowest BCUT2D eigenvalue weighted by Crippen LogP contribution is -2.26. The Morgan fingerprint density at radius 3 is 2.56 bits per heavy atom. The summed E-state index contributed by atoms with van der Waals surface area (Å²) < 4.78 is 1.87. The van der Waals surface area contributed by atoms with E-state index in [-0.39, 0.29) is 5.91 Å². The first-order valence-electron chi connectivity index (χ1n) is 8.75. The molecule has 0 aliphatic heterocycles. The summed E-state index contributed by atoms with van der Waals surface area (Å²) in [6.45, 7) is 4.91. The second-order valence-electron chi connectivity index (χ2n) is 6.43. The zero-order chi connectivity index (χ0) is 19.4. The van der Waals surface area contributed by atoms with Crippen LogP contribution in [0.25, 0.3) is 0 Å². The first kappa shape index (κ1) is 19.5. The molecule has 0 fully saturated rings. The zero-order valence-electron chi connectivity index (χ0n) is 15.3. The highest BCUT2D eigenvalue weighted by Crippen LogP contribution is 2.21. The maximum Gasteiger partial charge on any atom is 0.255 e. The van der Waals surface area contributed by atoms with Crippen LogP contribution in [0.1, 0.15) is 32.9 Å². The minimum Gasteiger partial charge on any atom is -0.352 e. The molecule has 0 radical (unpaired) electrons. The van der Waals surface area contributed by atoms with Gasteiger partial charge in [0.1, 0.15) is 0 Å². The summed E-state index contributed by atoms with van der Waals surface area (Å²) in [6, 6.07) is 15.5. The number of amides is 1. The Hall–Kier alpha value is -2.30. The van der Waals surface area contributed by atoms with E-state index in [9.17, 15) is 4.79 Å². The fraction of sp³-hybridized carbons (Fsp3) is 0.238. The summed E-state index contributed by atoms with van der Waals surface area (Å²) in [6.07, 6.45) is 0.637. The highest BCUT2D eigenvalue weighted by Gasteiger charge is 2.18. The number of benzene rings is 2. The molecule has 2 aromatic carbocycles. The summed E-state index contributed by atoms with van der Waals surface area (Å²) in [4.78, 5) is 12.7. The SMILES string of the molecule is Cc1nn(Cc2ccccc2)c(C)c1C(=O)NCCc1ccc(Cl)cc1Cl. The molecule has 0 atom stereocenters. The van der Waals surface area contributed by atoms with Crippen molar-refractivity contribution in [2.24, 2.45) is 0 Å². The van der Waals surface area contributed by atoms with Crippen molar-refractivity contribution in [2.75, 3.05) is 6.54 Å². The van der Waals surface area contributed by atoms with Gasteiger partial charge in [-0.3, -0.25) is 9.48 Å². The number of aromatic nitrogens is 2. The standard InChI is InChI=1S/C21H21Cl2N3O/c1-14-20(15(2)26(25-14)13-16-6-4-3-5-7-16)21(27)24-11-10-17-8-9-18(22)12-19(17)23/h3-9,12H,10-11,13H2,1-2H3,(H,24,27). The number of nitrogens with one attached hydrogen (secondary N) is 1. The van der Waals surface area contributed by atoms with E-state index in [1.54, 1.807) is 12.1 Å². The van der Waals surface area contributed by atoms with E-state index < -0.39 is 0 Å². The Morgan fingerprint density at radius 1 is 1.11 bits per heavy atom. The molecule has 1 heterocycles. The lowest BCUT2D eigenvalue weighted by Gasteiger charge is -2.08. The van der Waals surface area contributed by atoms with Gasteiger partial charge in [-0.05, 0) is 43.5 Å². The number of carbonyl (C=O) groups excluding carboxylic acids is 1. The third-order valence-electron chi connectivity index (χ3n) is 4.48. The van der Waals surface area contributed by atoms with Gasteiger partial charge in [-0.1, -0.05) is 59.6 Å². The number of hydrogen-bond donors (Lipinski definition) is 1. The minimum atomic E-state index is -0.116. The van der Waals surface area contributed by atoms with E-state index in [0.717, 1.165) is 22.5 Å². The Labute approximate surface area is 169 Å². The van der Waals surface area contributed by atoms with E-state index >= 15 is 0 Å². The summed E-state index contributed by atoms with van der Waals surface area (Å²) >= 11 is 12.1. The van der Waals surface area contributed by atoms with Crippen molar-refractivity contribution in [3.63, 3.8) is 0 Å². The van der Waals surface area contributed by atoms with Gasteiger partial charge >= 0.3 is 0 Å². The number of carbonyl (C=O) groups is 1. The molecule has 0 spiro atoms. The predicted octanol–water partition coefficient (Wildman–Crippen LogP) is 4.83. The van der Waals surface area contributed by atoms with Gasteiger partial charge in [0.2, 0.25) is 0 Å². The molecule has 0 saturated carbocycles. The average Bonchev–Trinajstić information content (AvgIpc) is 2.91. The predicted molar refractivity (Wildman–Crippen MR) is 110 cm³/mol. The van der Waals surface area contributed by atoms with E-state index in [0.29, 0.717) is 35.1 Å². The monoisotopic (exact) mass is 401 g/mol. The molecule has 1 amide bonds. The van der Waals surface area contributed by atoms with Gasteiger partial charge in [0.05, 0.1) is 17.8 Å². The quantitative estimate of drug-likeness (QED) is 0.642. The van der Waals surface area contributed by atoms with Crippen LogP contribution in [0.15, 0.2) is 48.5 Å². The van der Waals surface area contributed by atoms with Crippen LogP contribution in [0, 0.1) is 13.8 Å². The van der Waals surface area contributed by atoms with Crippen molar-refractivity contribution in [3.8, 4) is 0 Å². The second kappa shape index (κ2) is 8.59. The Bertz CT molecular complexity index is 952. The highest BCUT2D eigenvalue weighted by atomic mass is 35.5. The number of aryl methyl sites for hydroxylation is 1. The lowest BCUT2D eigenvalue weighted by molar-refractivity contribution is 0.0953. The Kier molecular flexibility index (Phi) is 6.19. The van der Waals surface area contributed by atoms with Crippen LogP contribution in [-0.2, 0) is 13.0 Å². The maximum atomic E-state index is 12.7. The van der Waals surface area contributed by atoms with Crippen molar-refractivity contribution < 1.29 is 4.79 Å². The molecule has 3 rings (SSSR count). The minimum absolute atomic E-state index is 0.116.